The standard InChI is InChI=1S/C7H8INO2S/c1-6-4-2-3-5-7(6)9-12(8,10)11/h2-5,9H,1H3. The van der Waals surface area contributed by atoms with E-state index in [1.165, 1.54) is 21.2 Å². The Bertz CT molecular complexity index is 375. The molecule has 1 aromatic rings. The van der Waals surface area contributed by atoms with Gasteiger partial charge in [-0.15, -0.1) is 0 Å². The first kappa shape index (κ1) is 9.79. The lowest BCUT2D eigenvalue weighted by molar-refractivity contribution is 0.617. The molecule has 0 aliphatic heterocycles. The number of rotatable bonds is 2. The Kier molecular flexibility index (Phi) is 2.94. The summed E-state index contributed by atoms with van der Waals surface area (Å²) in [5, 5.41) is 0. The van der Waals surface area contributed by atoms with Crippen molar-refractivity contribution < 1.29 is 8.42 Å². The van der Waals surface area contributed by atoms with Gasteiger partial charge in [-0.3, -0.25) is 4.72 Å². The Balaban J connectivity index is 2.98. The summed E-state index contributed by atoms with van der Waals surface area (Å²) in [6.07, 6.45) is 0. The van der Waals surface area contributed by atoms with E-state index in [9.17, 15) is 8.42 Å². The molecule has 0 unspecified atom stereocenters. The van der Waals surface area contributed by atoms with Gasteiger partial charge in [-0.05, 0) is 18.6 Å². The smallest absolute Gasteiger partial charge is 0.275 e. The second kappa shape index (κ2) is 3.61. The minimum atomic E-state index is -3.18. The molecule has 0 amide bonds. The number of benzene rings is 1. The molecule has 0 spiro atoms. The van der Waals surface area contributed by atoms with E-state index in [4.69, 9.17) is 0 Å². The number of aryl methyl sites for hydroxylation is 1. The molecule has 0 aliphatic carbocycles. The number of hydrogen-bond acceptors (Lipinski definition) is 2. The number of para-hydroxylation sites is 1. The summed E-state index contributed by atoms with van der Waals surface area (Å²) in [6.45, 7) is 1.85. The Morgan fingerprint density at radius 3 is 2.42 bits per heavy atom. The molecule has 0 radical (unpaired) electrons. The van der Waals surface area contributed by atoms with Crippen molar-refractivity contribution in [2.75, 3.05) is 4.72 Å². The van der Waals surface area contributed by atoms with E-state index >= 15 is 0 Å². The summed E-state index contributed by atoms with van der Waals surface area (Å²) in [5.74, 6) is 0. The molecule has 0 saturated heterocycles. The molecule has 66 valence electrons. The summed E-state index contributed by atoms with van der Waals surface area (Å²) in [5.41, 5.74) is 1.55. The summed E-state index contributed by atoms with van der Waals surface area (Å²) in [4.78, 5) is 0. The average molecular weight is 297 g/mol. The molecule has 0 heterocycles. The van der Waals surface area contributed by atoms with Crippen LogP contribution in [0.4, 0.5) is 5.69 Å². The van der Waals surface area contributed by atoms with Gasteiger partial charge in [0.15, 0.2) is 0 Å². The van der Waals surface area contributed by atoms with E-state index in [1.807, 2.05) is 19.1 Å². The zero-order valence-electron chi connectivity index (χ0n) is 6.41. The first-order valence-corrected chi connectivity index (χ1v) is 7.30. The van der Waals surface area contributed by atoms with Gasteiger partial charge in [0.05, 0.1) is 26.9 Å². The van der Waals surface area contributed by atoms with Crippen LogP contribution < -0.4 is 4.72 Å². The van der Waals surface area contributed by atoms with Gasteiger partial charge in [-0.1, -0.05) is 18.2 Å². The van der Waals surface area contributed by atoms with Gasteiger partial charge in [-0.25, -0.2) is 0 Å². The predicted octanol–water partition coefficient (Wildman–Crippen LogP) is 2.09. The van der Waals surface area contributed by atoms with E-state index in [-0.39, 0.29) is 0 Å². The van der Waals surface area contributed by atoms with E-state index in [0.29, 0.717) is 5.69 Å². The average Bonchev–Trinajstić information content (AvgIpc) is 1.91. The molecule has 0 fully saturated rings. The van der Waals surface area contributed by atoms with Crippen molar-refractivity contribution in [1.82, 2.24) is 0 Å². The molecule has 1 aromatic carbocycles. The van der Waals surface area contributed by atoms with Crippen molar-refractivity contribution in [2.45, 2.75) is 6.92 Å². The van der Waals surface area contributed by atoms with Crippen LogP contribution in [0.2, 0.25) is 0 Å². The highest BCUT2D eigenvalue weighted by Gasteiger charge is 2.04. The highest BCUT2D eigenvalue weighted by molar-refractivity contribution is 14.2. The van der Waals surface area contributed by atoms with Crippen LogP contribution in [0.15, 0.2) is 24.3 Å². The van der Waals surface area contributed by atoms with Crippen LogP contribution >= 0.6 is 21.2 Å². The minimum absolute atomic E-state index is 0.631. The normalized spacial score (nSPS) is 11.2. The molecule has 12 heavy (non-hydrogen) atoms. The molecular weight excluding hydrogens is 289 g/mol. The van der Waals surface area contributed by atoms with Crippen LogP contribution in [-0.2, 0) is 7.19 Å². The summed E-state index contributed by atoms with van der Waals surface area (Å²) < 4.78 is 24.1. The molecule has 0 aromatic heterocycles. The lowest BCUT2D eigenvalue weighted by Gasteiger charge is -2.04. The van der Waals surface area contributed by atoms with Gasteiger partial charge in [0.2, 0.25) is 0 Å². The zero-order valence-corrected chi connectivity index (χ0v) is 9.39. The lowest BCUT2D eigenvalue weighted by atomic mass is 10.2. The van der Waals surface area contributed by atoms with E-state index < -0.39 is 7.19 Å². The van der Waals surface area contributed by atoms with Gasteiger partial charge >= 0.3 is 0 Å². The number of anilines is 1. The topological polar surface area (TPSA) is 46.2 Å². The van der Waals surface area contributed by atoms with Crippen LogP contribution in [0.25, 0.3) is 0 Å². The largest absolute Gasteiger partial charge is 0.286 e. The van der Waals surface area contributed by atoms with Crippen LogP contribution in [0.5, 0.6) is 0 Å². The summed E-state index contributed by atoms with van der Waals surface area (Å²) >= 11 is 1.36. The van der Waals surface area contributed by atoms with E-state index in [1.54, 1.807) is 12.1 Å². The van der Waals surface area contributed by atoms with Crippen LogP contribution in [0.1, 0.15) is 5.56 Å². The Morgan fingerprint density at radius 2 is 1.92 bits per heavy atom. The highest BCUT2D eigenvalue weighted by Crippen LogP contribution is 2.16. The first-order chi connectivity index (χ1) is 5.49. The molecular formula is C7H8INO2S. The maximum atomic E-state index is 10.8. The molecule has 0 aliphatic rings. The number of hydrogen-bond donors (Lipinski definition) is 1. The van der Waals surface area contributed by atoms with Gasteiger partial charge in [0, 0.05) is 0 Å². The second-order valence-electron chi connectivity index (χ2n) is 2.35. The molecule has 3 nitrogen and oxygen atoms in total. The monoisotopic (exact) mass is 297 g/mol. The van der Waals surface area contributed by atoms with Crippen molar-refractivity contribution in [3.8, 4) is 0 Å². The third-order valence-corrected chi connectivity index (χ3v) is 2.50. The van der Waals surface area contributed by atoms with Crippen molar-refractivity contribution in [2.24, 2.45) is 0 Å². The maximum Gasteiger partial charge on any atom is 0.286 e. The fraction of sp³-hybridized carbons (Fsp3) is 0.143. The molecule has 0 bridgehead atoms. The molecule has 0 saturated carbocycles. The van der Waals surface area contributed by atoms with Gasteiger partial charge in [-0.2, -0.15) is 8.42 Å². The first-order valence-electron chi connectivity index (χ1n) is 3.27. The SMILES string of the molecule is Cc1ccccc1NS(=O)(=O)I. The lowest BCUT2D eigenvalue weighted by Crippen LogP contribution is -2.04. The van der Waals surface area contributed by atoms with Crippen molar-refractivity contribution in [3.63, 3.8) is 0 Å². The predicted molar refractivity (Wildman–Crippen MR) is 57.7 cm³/mol. The third-order valence-electron chi connectivity index (χ3n) is 1.38. The van der Waals surface area contributed by atoms with Crippen molar-refractivity contribution in [3.05, 3.63) is 29.8 Å². The molecule has 1 rings (SSSR count). The van der Waals surface area contributed by atoms with Gasteiger partial charge in [0.1, 0.15) is 0 Å². The fourth-order valence-corrected chi connectivity index (χ4v) is 2.02. The van der Waals surface area contributed by atoms with Crippen molar-refractivity contribution in [1.29, 1.82) is 0 Å². The Morgan fingerprint density at radius 1 is 1.33 bits per heavy atom. The fourth-order valence-electron chi connectivity index (χ4n) is 0.819. The Labute approximate surface area is 83.8 Å². The van der Waals surface area contributed by atoms with Crippen LogP contribution in [0.3, 0.4) is 0 Å². The molecule has 0 atom stereocenters. The van der Waals surface area contributed by atoms with Crippen LogP contribution in [-0.4, -0.2) is 8.42 Å². The van der Waals surface area contributed by atoms with Gasteiger partial charge < -0.3 is 0 Å². The minimum Gasteiger partial charge on any atom is -0.275 e. The summed E-state index contributed by atoms with van der Waals surface area (Å²) in [6, 6.07) is 7.23. The van der Waals surface area contributed by atoms with E-state index in [0.717, 1.165) is 5.56 Å². The maximum absolute atomic E-state index is 10.8. The van der Waals surface area contributed by atoms with E-state index in [2.05, 4.69) is 4.72 Å². The molecule has 5 heteroatoms. The molecule has 1 N–H and O–H groups in total. The highest BCUT2D eigenvalue weighted by atomic mass is 127. The summed E-state index contributed by atoms with van der Waals surface area (Å²) in [7, 11) is -3.18. The quantitative estimate of drug-likeness (QED) is 0.671. The van der Waals surface area contributed by atoms with Crippen LogP contribution in [0, 0.1) is 6.92 Å². The third kappa shape index (κ3) is 2.98. The van der Waals surface area contributed by atoms with Gasteiger partial charge in [0.25, 0.3) is 7.19 Å². The van der Waals surface area contributed by atoms with Crippen molar-refractivity contribution >= 4 is 34.1 Å². The number of halogens is 1. The Hall–Kier alpha value is -0.300. The zero-order chi connectivity index (χ0) is 9.19. The number of nitrogens with one attached hydrogen (secondary N) is 1. The second-order valence-corrected chi connectivity index (χ2v) is 6.91.